The highest BCUT2D eigenvalue weighted by Crippen LogP contribution is 2.25. The summed E-state index contributed by atoms with van der Waals surface area (Å²) in [5, 5.41) is 18.2. The number of aromatic hydroxyl groups is 1. The second kappa shape index (κ2) is 8.14. The zero-order valence-corrected chi connectivity index (χ0v) is 14.8. The Labute approximate surface area is 156 Å². The first-order chi connectivity index (χ1) is 13.0. The number of phenols is 1. The summed E-state index contributed by atoms with van der Waals surface area (Å²) in [6, 6.07) is 18.0. The van der Waals surface area contributed by atoms with Crippen LogP contribution in [-0.2, 0) is 4.79 Å². The third-order valence-corrected chi connectivity index (χ3v) is 4.05. The van der Waals surface area contributed by atoms with Gasteiger partial charge in [-0.15, -0.1) is 0 Å². The molecule has 0 unspecified atom stereocenters. The Hall–Kier alpha value is -3.67. The van der Waals surface area contributed by atoms with E-state index in [4.69, 9.17) is 0 Å². The normalized spacial score (nSPS) is 10.9. The topological polar surface area (TPSA) is 90.8 Å². The lowest BCUT2D eigenvalue weighted by molar-refractivity contribution is -0.120. The van der Waals surface area contributed by atoms with Crippen LogP contribution in [0.3, 0.4) is 0 Å². The molecule has 3 rings (SSSR count). The summed E-state index contributed by atoms with van der Waals surface area (Å²) in [6.45, 7) is 1.73. The van der Waals surface area contributed by atoms with Gasteiger partial charge in [-0.05, 0) is 35.9 Å². The van der Waals surface area contributed by atoms with E-state index in [9.17, 15) is 14.7 Å². The third kappa shape index (κ3) is 4.49. The lowest BCUT2D eigenvalue weighted by Crippen LogP contribution is -2.34. The molecule has 6 nitrogen and oxygen atoms in total. The molecule has 0 aromatic heterocycles. The number of carbonyl (C=O) groups is 2. The number of amides is 2. The van der Waals surface area contributed by atoms with Gasteiger partial charge in [0.2, 0.25) is 0 Å². The number of aryl methyl sites for hydroxylation is 1. The van der Waals surface area contributed by atoms with E-state index in [0.29, 0.717) is 11.1 Å². The summed E-state index contributed by atoms with van der Waals surface area (Å²) >= 11 is 0. The Balaban J connectivity index is 1.59. The monoisotopic (exact) mass is 361 g/mol. The maximum atomic E-state index is 12.0. The number of phenolic OH excluding ortho intramolecular Hbond substituents is 1. The van der Waals surface area contributed by atoms with Gasteiger partial charge in [0.1, 0.15) is 5.75 Å². The van der Waals surface area contributed by atoms with Crippen molar-refractivity contribution in [3.05, 3.63) is 77.4 Å². The molecule has 0 spiro atoms. The minimum absolute atomic E-state index is 0.0689. The SMILES string of the molecule is Cc1ccc(C(=O)NCC(=O)N/N=C/c2c(O)ccc3ccccc23)cc1. The molecule has 0 fully saturated rings. The summed E-state index contributed by atoms with van der Waals surface area (Å²) in [7, 11) is 0. The fourth-order valence-electron chi connectivity index (χ4n) is 2.60. The minimum Gasteiger partial charge on any atom is -0.507 e. The first kappa shape index (κ1) is 18.1. The molecule has 0 aliphatic heterocycles. The first-order valence-electron chi connectivity index (χ1n) is 8.42. The molecule has 0 aliphatic rings. The smallest absolute Gasteiger partial charge is 0.259 e. The van der Waals surface area contributed by atoms with Crippen LogP contribution in [0, 0.1) is 6.92 Å². The molecule has 0 aliphatic carbocycles. The molecular weight excluding hydrogens is 342 g/mol. The van der Waals surface area contributed by atoms with Gasteiger partial charge in [-0.25, -0.2) is 5.43 Å². The summed E-state index contributed by atoms with van der Waals surface area (Å²) in [4.78, 5) is 23.9. The van der Waals surface area contributed by atoms with Gasteiger partial charge in [-0.2, -0.15) is 5.10 Å². The summed E-state index contributed by atoms with van der Waals surface area (Å²) in [5.74, 6) is -0.730. The molecule has 3 N–H and O–H groups in total. The molecule has 27 heavy (non-hydrogen) atoms. The Bertz CT molecular complexity index is 1010. The van der Waals surface area contributed by atoms with Crippen molar-refractivity contribution in [3.63, 3.8) is 0 Å². The number of hydrogen-bond acceptors (Lipinski definition) is 4. The molecule has 3 aromatic carbocycles. The zero-order valence-electron chi connectivity index (χ0n) is 14.8. The summed E-state index contributed by atoms with van der Waals surface area (Å²) in [6.07, 6.45) is 1.39. The number of fused-ring (bicyclic) bond motifs is 1. The number of rotatable bonds is 5. The van der Waals surface area contributed by atoms with Crippen LogP contribution in [-0.4, -0.2) is 29.7 Å². The van der Waals surface area contributed by atoms with Gasteiger partial charge in [0.05, 0.1) is 12.8 Å². The van der Waals surface area contributed by atoms with Crippen molar-refractivity contribution >= 4 is 28.8 Å². The molecule has 0 atom stereocenters. The van der Waals surface area contributed by atoms with Gasteiger partial charge >= 0.3 is 0 Å². The molecule has 0 heterocycles. The number of nitrogens with one attached hydrogen (secondary N) is 2. The van der Waals surface area contributed by atoms with Crippen molar-refractivity contribution in [1.82, 2.24) is 10.7 Å². The van der Waals surface area contributed by atoms with Crippen LogP contribution in [0.4, 0.5) is 0 Å². The lowest BCUT2D eigenvalue weighted by atomic mass is 10.0. The minimum atomic E-state index is -0.466. The molecule has 0 bridgehead atoms. The van der Waals surface area contributed by atoms with Gasteiger partial charge < -0.3 is 10.4 Å². The number of hydrazone groups is 1. The zero-order chi connectivity index (χ0) is 19.2. The summed E-state index contributed by atoms with van der Waals surface area (Å²) < 4.78 is 0. The molecule has 3 aromatic rings. The van der Waals surface area contributed by atoms with Crippen LogP contribution in [0.15, 0.2) is 65.8 Å². The number of benzene rings is 3. The van der Waals surface area contributed by atoms with E-state index in [-0.39, 0.29) is 18.2 Å². The fourth-order valence-corrected chi connectivity index (χ4v) is 2.60. The first-order valence-corrected chi connectivity index (χ1v) is 8.42. The molecule has 0 radical (unpaired) electrons. The molecule has 6 heteroatoms. The molecular formula is C21H19N3O3. The predicted octanol–water partition coefficient (Wildman–Crippen LogP) is 2.73. The highest BCUT2D eigenvalue weighted by atomic mass is 16.3. The van der Waals surface area contributed by atoms with Crippen molar-refractivity contribution in [1.29, 1.82) is 0 Å². The Kier molecular flexibility index (Phi) is 5.47. The molecule has 0 saturated carbocycles. The number of nitrogens with zero attached hydrogens (tertiary/aromatic N) is 1. The van der Waals surface area contributed by atoms with Crippen LogP contribution in [0.1, 0.15) is 21.5 Å². The van der Waals surface area contributed by atoms with Gasteiger partial charge in [-0.3, -0.25) is 9.59 Å². The average molecular weight is 361 g/mol. The maximum absolute atomic E-state index is 12.0. The highest BCUT2D eigenvalue weighted by Gasteiger charge is 2.08. The predicted molar refractivity (Wildman–Crippen MR) is 105 cm³/mol. The van der Waals surface area contributed by atoms with E-state index in [1.54, 1.807) is 24.3 Å². The fraction of sp³-hybridized carbons (Fsp3) is 0.0952. The van der Waals surface area contributed by atoms with Crippen LogP contribution < -0.4 is 10.7 Å². The van der Waals surface area contributed by atoms with Gasteiger partial charge in [0.25, 0.3) is 11.8 Å². The van der Waals surface area contributed by atoms with E-state index < -0.39 is 5.91 Å². The van der Waals surface area contributed by atoms with E-state index in [1.807, 2.05) is 43.3 Å². The second-order valence-corrected chi connectivity index (χ2v) is 6.06. The standard InChI is InChI=1S/C21H19N3O3/c1-14-6-8-16(9-7-14)21(27)22-13-20(26)24-23-12-18-17-5-3-2-4-15(17)10-11-19(18)25/h2-12,25H,13H2,1H3,(H,22,27)(H,24,26)/b23-12+. The van der Waals surface area contributed by atoms with Crippen LogP contribution in [0.25, 0.3) is 10.8 Å². The third-order valence-electron chi connectivity index (χ3n) is 4.05. The quantitative estimate of drug-likeness (QED) is 0.482. The van der Waals surface area contributed by atoms with Gasteiger partial charge in [-0.1, -0.05) is 48.0 Å². The largest absolute Gasteiger partial charge is 0.507 e. The highest BCUT2D eigenvalue weighted by molar-refractivity contribution is 6.02. The van der Waals surface area contributed by atoms with Gasteiger partial charge in [0.15, 0.2) is 0 Å². The molecule has 136 valence electrons. The van der Waals surface area contributed by atoms with E-state index in [0.717, 1.165) is 16.3 Å². The second-order valence-electron chi connectivity index (χ2n) is 6.06. The molecule has 0 saturated heterocycles. The van der Waals surface area contributed by atoms with Gasteiger partial charge in [0, 0.05) is 11.1 Å². The van der Waals surface area contributed by atoms with Crippen molar-refractivity contribution in [2.24, 2.45) is 5.10 Å². The number of carbonyl (C=O) groups excluding carboxylic acids is 2. The van der Waals surface area contributed by atoms with Crippen molar-refractivity contribution in [2.45, 2.75) is 6.92 Å². The Morgan fingerprint density at radius 1 is 1.04 bits per heavy atom. The van der Waals surface area contributed by atoms with Crippen LogP contribution in [0.5, 0.6) is 5.75 Å². The summed E-state index contributed by atoms with van der Waals surface area (Å²) in [5.41, 5.74) is 4.39. The van der Waals surface area contributed by atoms with Crippen molar-refractivity contribution < 1.29 is 14.7 Å². The van der Waals surface area contributed by atoms with Crippen molar-refractivity contribution in [3.8, 4) is 5.75 Å². The Morgan fingerprint density at radius 2 is 1.78 bits per heavy atom. The number of hydrogen-bond donors (Lipinski definition) is 3. The van der Waals surface area contributed by atoms with Crippen LogP contribution in [0.2, 0.25) is 0 Å². The Morgan fingerprint density at radius 3 is 2.56 bits per heavy atom. The van der Waals surface area contributed by atoms with E-state index in [2.05, 4.69) is 15.8 Å². The maximum Gasteiger partial charge on any atom is 0.259 e. The van der Waals surface area contributed by atoms with Crippen LogP contribution >= 0.6 is 0 Å². The molecule has 2 amide bonds. The van der Waals surface area contributed by atoms with E-state index >= 15 is 0 Å². The lowest BCUT2D eigenvalue weighted by Gasteiger charge is -2.06. The van der Waals surface area contributed by atoms with E-state index in [1.165, 1.54) is 6.21 Å². The average Bonchev–Trinajstić information content (AvgIpc) is 2.68. The van der Waals surface area contributed by atoms with Crippen molar-refractivity contribution in [2.75, 3.05) is 6.54 Å².